The number of carbonyl (C=O) groups is 2. The number of hydrogen-bond acceptors (Lipinski definition) is 5. The second-order valence-electron chi connectivity index (χ2n) is 5.42. The number of nitro groups is 1. The molecule has 0 spiro atoms. The van der Waals surface area contributed by atoms with Crippen LogP contribution in [0.2, 0.25) is 0 Å². The second kappa shape index (κ2) is 7.31. The van der Waals surface area contributed by atoms with E-state index in [9.17, 15) is 19.7 Å². The van der Waals surface area contributed by atoms with E-state index in [-0.39, 0.29) is 11.3 Å². The number of rotatable bonds is 4. The quantitative estimate of drug-likeness (QED) is 0.374. The van der Waals surface area contributed by atoms with Crippen molar-refractivity contribution in [1.82, 2.24) is 9.88 Å². The zero-order chi connectivity index (χ0) is 19.4. The molecule has 0 saturated heterocycles. The number of aromatic nitrogens is 1. The van der Waals surface area contributed by atoms with E-state index >= 15 is 0 Å². The lowest BCUT2D eigenvalue weighted by molar-refractivity contribution is -0.384. The van der Waals surface area contributed by atoms with E-state index < -0.39 is 16.9 Å². The molecule has 0 saturated carbocycles. The highest BCUT2D eigenvalue weighted by Gasteiger charge is 2.15. The molecular weight excluding hydrogens is 338 g/mol. The van der Waals surface area contributed by atoms with Crippen molar-refractivity contribution >= 4 is 23.7 Å². The summed E-state index contributed by atoms with van der Waals surface area (Å²) >= 11 is 0. The van der Waals surface area contributed by atoms with Gasteiger partial charge in [0.2, 0.25) is 0 Å². The molecule has 3 N–H and O–H groups in total. The minimum Gasteiger partial charge on any atom is -0.351 e. The first-order valence-electron chi connectivity index (χ1n) is 7.41. The van der Waals surface area contributed by atoms with Crippen LogP contribution in [0.25, 0.3) is 11.8 Å². The van der Waals surface area contributed by atoms with Crippen LogP contribution in [0.4, 0.5) is 10.5 Å². The number of hydrogen-bond donors (Lipinski definition) is 2. The normalized spacial score (nSPS) is 10.9. The maximum Gasteiger partial charge on any atom is 0.319 e. The zero-order valence-electron chi connectivity index (χ0n) is 14.0. The lowest BCUT2D eigenvalue weighted by atomic mass is 10.1. The molecule has 1 aromatic carbocycles. The van der Waals surface area contributed by atoms with Crippen LogP contribution in [0.3, 0.4) is 0 Å². The van der Waals surface area contributed by atoms with Crippen molar-refractivity contribution < 1.29 is 14.5 Å². The summed E-state index contributed by atoms with van der Waals surface area (Å²) in [5, 5.41) is 21.7. The van der Waals surface area contributed by atoms with E-state index in [0.29, 0.717) is 11.3 Å². The highest BCUT2D eigenvalue weighted by molar-refractivity contribution is 6.08. The maximum absolute atomic E-state index is 11.8. The van der Waals surface area contributed by atoms with Crippen LogP contribution in [-0.4, -0.2) is 21.4 Å². The molecule has 0 aliphatic heterocycles. The molecular formula is C17H15N5O4. The Balaban J connectivity index is 2.45. The third kappa shape index (κ3) is 3.76. The summed E-state index contributed by atoms with van der Waals surface area (Å²) in [5.74, 6) is -0.889. The number of primary amides is 1. The zero-order valence-corrected chi connectivity index (χ0v) is 14.0. The Morgan fingerprint density at radius 3 is 2.42 bits per heavy atom. The summed E-state index contributed by atoms with van der Waals surface area (Å²) in [4.78, 5) is 32.8. The summed E-state index contributed by atoms with van der Waals surface area (Å²) in [7, 11) is 0. The van der Waals surface area contributed by atoms with E-state index in [1.165, 1.54) is 18.2 Å². The number of imide groups is 1. The molecule has 3 amide bonds. The van der Waals surface area contributed by atoms with Crippen LogP contribution >= 0.6 is 0 Å². The summed E-state index contributed by atoms with van der Waals surface area (Å²) < 4.78 is 1.83. The third-order valence-electron chi connectivity index (χ3n) is 3.69. The highest BCUT2D eigenvalue weighted by Crippen LogP contribution is 2.24. The fraction of sp³-hybridized carbons (Fsp3) is 0.118. The Bertz CT molecular complexity index is 964. The van der Waals surface area contributed by atoms with Gasteiger partial charge in [-0.3, -0.25) is 20.2 Å². The minimum absolute atomic E-state index is 0.0220. The van der Waals surface area contributed by atoms with Crippen LogP contribution in [0.1, 0.15) is 17.0 Å². The fourth-order valence-electron chi connectivity index (χ4n) is 2.54. The van der Waals surface area contributed by atoms with Crippen molar-refractivity contribution in [3.8, 4) is 11.8 Å². The Hall–Kier alpha value is -3.93. The van der Waals surface area contributed by atoms with Crippen molar-refractivity contribution in [2.24, 2.45) is 5.73 Å². The van der Waals surface area contributed by atoms with E-state index in [0.717, 1.165) is 11.4 Å². The number of non-ortho nitro benzene ring substituents is 1. The molecule has 2 rings (SSSR count). The number of amides is 3. The number of benzene rings is 1. The van der Waals surface area contributed by atoms with Gasteiger partial charge in [0.05, 0.1) is 4.92 Å². The molecule has 0 bridgehead atoms. The minimum atomic E-state index is -1.05. The molecule has 9 nitrogen and oxygen atoms in total. The first-order chi connectivity index (χ1) is 12.2. The van der Waals surface area contributed by atoms with Crippen molar-refractivity contribution in [1.29, 1.82) is 5.26 Å². The number of carbonyl (C=O) groups excluding carboxylic acids is 2. The van der Waals surface area contributed by atoms with Gasteiger partial charge in [-0.05, 0) is 43.7 Å². The molecule has 0 unspecified atom stereocenters. The van der Waals surface area contributed by atoms with E-state index in [4.69, 9.17) is 11.0 Å². The fourth-order valence-corrected chi connectivity index (χ4v) is 2.54. The molecule has 132 valence electrons. The first kappa shape index (κ1) is 18.4. The van der Waals surface area contributed by atoms with Crippen molar-refractivity contribution in [2.75, 3.05) is 0 Å². The molecule has 0 aliphatic carbocycles. The number of nitriles is 1. The average molecular weight is 353 g/mol. The summed E-state index contributed by atoms with van der Waals surface area (Å²) in [6.07, 6.45) is 1.35. The van der Waals surface area contributed by atoms with Gasteiger partial charge in [0.15, 0.2) is 0 Å². The molecule has 9 heteroatoms. The first-order valence-corrected chi connectivity index (χ1v) is 7.41. The van der Waals surface area contributed by atoms with Crippen molar-refractivity contribution in [2.45, 2.75) is 13.8 Å². The number of aryl methyl sites for hydroxylation is 1. The van der Waals surface area contributed by atoms with Gasteiger partial charge < -0.3 is 10.3 Å². The second-order valence-corrected chi connectivity index (χ2v) is 5.42. The SMILES string of the molecule is Cc1cc(/C=C(\C#N)C(=O)NC(N)=O)c(C)n1-c1ccc([N+](=O)[O-])cc1. The molecule has 2 aromatic rings. The third-order valence-corrected chi connectivity index (χ3v) is 3.69. The predicted octanol–water partition coefficient (Wildman–Crippen LogP) is 2.10. The van der Waals surface area contributed by atoms with Gasteiger partial charge >= 0.3 is 6.03 Å². The Morgan fingerprint density at radius 2 is 1.92 bits per heavy atom. The molecule has 0 atom stereocenters. The molecule has 1 heterocycles. The molecule has 0 radical (unpaired) electrons. The topological polar surface area (TPSA) is 144 Å². The molecule has 26 heavy (non-hydrogen) atoms. The van der Waals surface area contributed by atoms with Gasteiger partial charge in [0, 0.05) is 29.2 Å². The Labute approximate surface area is 148 Å². The standard InChI is InChI=1S/C17H15N5O4/c1-10-7-12(8-13(9-18)16(23)20-17(19)24)11(2)21(10)14-3-5-15(6-4-14)22(25)26/h3-8H,1-2H3,(H3,19,20,23,24)/b13-8+. The number of nitro benzene ring substituents is 1. The number of nitrogens with zero attached hydrogens (tertiary/aromatic N) is 3. The van der Waals surface area contributed by atoms with E-state index in [1.807, 2.05) is 16.8 Å². The van der Waals surface area contributed by atoms with Crippen LogP contribution in [0.15, 0.2) is 35.9 Å². The summed E-state index contributed by atoms with van der Waals surface area (Å²) in [5.41, 5.74) is 7.41. The summed E-state index contributed by atoms with van der Waals surface area (Å²) in [6.45, 7) is 3.60. The van der Waals surface area contributed by atoms with Gasteiger partial charge in [0.25, 0.3) is 11.6 Å². The number of urea groups is 1. The van der Waals surface area contributed by atoms with Gasteiger partial charge in [0.1, 0.15) is 11.6 Å². The molecule has 1 aromatic heterocycles. The predicted molar refractivity (Wildman–Crippen MR) is 93.2 cm³/mol. The highest BCUT2D eigenvalue weighted by atomic mass is 16.6. The van der Waals surface area contributed by atoms with Crippen LogP contribution in [0.5, 0.6) is 0 Å². The van der Waals surface area contributed by atoms with E-state index in [2.05, 4.69) is 0 Å². The van der Waals surface area contributed by atoms with Crippen molar-refractivity contribution in [3.05, 3.63) is 63.0 Å². The van der Waals surface area contributed by atoms with Crippen LogP contribution in [-0.2, 0) is 4.79 Å². The van der Waals surface area contributed by atoms with Crippen molar-refractivity contribution in [3.63, 3.8) is 0 Å². The van der Waals surface area contributed by atoms with Gasteiger partial charge in [-0.1, -0.05) is 0 Å². The molecule has 0 aliphatic rings. The van der Waals surface area contributed by atoms with Gasteiger partial charge in [-0.15, -0.1) is 0 Å². The Kier molecular flexibility index (Phi) is 5.18. The summed E-state index contributed by atoms with van der Waals surface area (Å²) in [6, 6.07) is 8.44. The smallest absolute Gasteiger partial charge is 0.319 e. The monoisotopic (exact) mass is 353 g/mol. The average Bonchev–Trinajstić information content (AvgIpc) is 2.85. The number of nitrogens with one attached hydrogen (secondary N) is 1. The lowest BCUT2D eigenvalue weighted by Crippen LogP contribution is -2.35. The Morgan fingerprint density at radius 1 is 1.31 bits per heavy atom. The number of nitrogens with two attached hydrogens (primary N) is 1. The van der Waals surface area contributed by atoms with Gasteiger partial charge in [-0.25, -0.2) is 4.79 Å². The van der Waals surface area contributed by atoms with E-state index in [1.54, 1.807) is 31.2 Å². The largest absolute Gasteiger partial charge is 0.351 e. The molecule has 0 fully saturated rings. The van der Waals surface area contributed by atoms with Crippen LogP contribution < -0.4 is 11.1 Å². The lowest BCUT2D eigenvalue weighted by Gasteiger charge is -2.09. The maximum atomic E-state index is 11.8. The van der Waals surface area contributed by atoms with Crippen LogP contribution in [0, 0.1) is 35.3 Å². The van der Waals surface area contributed by atoms with Gasteiger partial charge in [-0.2, -0.15) is 5.26 Å².